The Morgan fingerprint density at radius 3 is 2.60 bits per heavy atom. The predicted octanol–water partition coefficient (Wildman–Crippen LogP) is 2.03. The highest BCUT2D eigenvalue weighted by Crippen LogP contribution is 2.33. The van der Waals surface area contributed by atoms with Crippen molar-refractivity contribution in [2.24, 2.45) is 0 Å². The minimum atomic E-state index is 0.526. The van der Waals surface area contributed by atoms with Gasteiger partial charge in [-0.1, -0.05) is 0 Å². The second-order valence-electron chi connectivity index (χ2n) is 6.20. The SMILES string of the molecule is Cc1cc(O)c(CCN2CCNCC2)c2c1CCCC2. The van der Waals surface area contributed by atoms with Gasteiger partial charge in [0.15, 0.2) is 0 Å². The summed E-state index contributed by atoms with van der Waals surface area (Å²) in [5, 5.41) is 13.7. The highest BCUT2D eigenvalue weighted by atomic mass is 16.3. The summed E-state index contributed by atoms with van der Waals surface area (Å²) in [5.74, 6) is 0.526. The maximum absolute atomic E-state index is 10.3. The summed E-state index contributed by atoms with van der Waals surface area (Å²) in [6.45, 7) is 7.67. The maximum Gasteiger partial charge on any atom is 0.119 e. The largest absolute Gasteiger partial charge is 0.508 e. The van der Waals surface area contributed by atoms with E-state index in [0.717, 1.165) is 45.6 Å². The minimum Gasteiger partial charge on any atom is -0.508 e. The molecule has 0 atom stereocenters. The molecule has 3 rings (SSSR count). The summed E-state index contributed by atoms with van der Waals surface area (Å²) < 4.78 is 0. The summed E-state index contributed by atoms with van der Waals surface area (Å²) >= 11 is 0. The van der Waals surface area contributed by atoms with Crippen molar-refractivity contribution in [2.75, 3.05) is 32.7 Å². The van der Waals surface area contributed by atoms with E-state index in [2.05, 4.69) is 17.1 Å². The lowest BCUT2D eigenvalue weighted by molar-refractivity contribution is 0.243. The van der Waals surface area contributed by atoms with E-state index in [1.807, 2.05) is 6.07 Å². The number of phenols is 1. The number of hydrogen-bond acceptors (Lipinski definition) is 3. The fourth-order valence-corrected chi connectivity index (χ4v) is 3.69. The number of aromatic hydroxyl groups is 1. The smallest absolute Gasteiger partial charge is 0.119 e. The van der Waals surface area contributed by atoms with Crippen LogP contribution in [-0.4, -0.2) is 42.7 Å². The molecule has 0 spiro atoms. The van der Waals surface area contributed by atoms with Gasteiger partial charge in [0.25, 0.3) is 0 Å². The van der Waals surface area contributed by atoms with Crippen LogP contribution in [0.15, 0.2) is 6.07 Å². The second-order valence-corrected chi connectivity index (χ2v) is 6.20. The highest BCUT2D eigenvalue weighted by molar-refractivity contribution is 5.50. The monoisotopic (exact) mass is 274 g/mol. The molecule has 1 saturated heterocycles. The fourth-order valence-electron chi connectivity index (χ4n) is 3.69. The third-order valence-electron chi connectivity index (χ3n) is 4.86. The van der Waals surface area contributed by atoms with E-state index in [0.29, 0.717) is 5.75 Å². The first-order chi connectivity index (χ1) is 9.75. The van der Waals surface area contributed by atoms with Crippen LogP contribution in [0.5, 0.6) is 5.75 Å². The van der Waals surface area contributed by atoms with Crippen LogP contribution in [0.2, 0.25) is 0 Å². The van der Waals surface area contributed by atoms with Crippen molar-refractivity contribution >= 4 is 0 Å². The molecule has 3 heteroatoms. The number of hydrogen-bond donors (Lipinski definition) is 2. The van der Waals surface area contributed by atoms with E-state index in [9.17, 15) is 5.11 Å². The number of nitrogens with zero attached hydrogens (tertiary/aromatic N) is 1. The molecule has 110 valence electrons. The number of nitrogens with one attached hydrogen (secondary N) is 1. The first kappa shape index (κ1) is 13.9. The third-order valence-corrected chi connectivity index (χ3v) is 4.86. The van der Waals surface area contributed by atoms with Crippen LogP contribution < -0.4 is 5.32 Å². The Morgan fingerprint density at radius 2 is 1.85 bits per heavy atom. The van der Waals surface area contributed by atoms with Gasteiger partial charge in [0.05, 0.1) is 0 Å². The Kier molecular flexibility index (Phi) is 4.27. The van der Waals surface area contributed by atoms with Gasteiger partial charge >= 0.3 is 0 Å². The van der Waals surface area contributed by atoms with Crippen LogP contribution >= 0.6 is 0 Å². The average Bonchev–Trinajstić information content (AvgIpc) is 2.48. The lowest BCUT2D eigenvalue weighted by Crippen LogP contribution is -2.44. The van der Waals surface area contributed by atoms with Gasteiger partial charge in [-0.15, -0.1) is 0 Å². The van der Waals surface area contributed by atoms with Crippen LogP contribution in [-0.2, 0) is 19.3 Å². The minimum absolute atomic E-state index is 0.526. The molecule has 0 radical (unpaired) electrons. The summed E-state index contributed by atoms with van der Waals surface area (Å²) in [5.41, 5.74) is 5.49. The Bertz CT molecular complexity index is 478. The zero-order valence-electron chi connectivity index (χ0n) is 12.5. The Labute approximate surface area is 122 Å². The maximum atomic E-state index is 10.3. The zero-order chi connectivity index (χ0) is 13.9. The van der Waals surface area contributed by atoms with Crippen LogP contribution in [0.3, 0.4) is 0 Å². The van der Waals surface area contributed by atoms with Gasteiger partial charge in [0.1, 0.15) is 5.75 Å². The molecule has 0 bridgehead atoms. The van der Waals surface area contributed by atoms with Crippen molar-refractivity contribution < 1.29 is 5.11 Å². The normalized spacial score (nSPS) is 19.9. The van der Waals surface area contributed by atoms with Crippen molar-refractivity contribution in [3.8, 4) is 5.75 Å². The summed E-state index contributed by atoms with van der Waals surface area (Å²) in [4.78, 5) is 2.50. The molecular formula is C17H26N2O. The molecule has 1 aliphatic heterocycles. The first-order valence-corrected chi connectivity index (χ1v) is 8.02. The van der Waals surface area contributed by atoms with Crippen LogP contribution in [0.1, 0.15) is 35.1 Å². The van der Waals surface area contributed by atoms with E-state index in [4.69, 9.17) is 0 Å². The quantitative estimate of drug-likeness (QED) is 0.885. The van der Waals surface area contributed by atoms with E-state index in [-0.39, 0.29) is 0 Å². The fraction of sp³-hybridized carbons (Fsp3) is 0.647. The highest BCUT2D eigenvalue weighted by Gasteiger charge is 2.19. The van der Waals surface area contributed by atoms with E-state index >= 15 is 0 Å². The van der Waals surface area contributed by atoms with Crippen LogP contribution in [0.25, 0.3) is 0 Å². The standard InChI is InChI=1S/C17H26N2O/c1-13-12-17(20)16(15-5-3-2-4-14(13)15)6-9-19-10-7-18-8-11-19/h12,18,20H,2-11H2,1H3. The van der Waals surface area contributed by atoms with E-state index < -0.39 is 0 Å². The van der Waals surface area contributed by atoms with Gasteiger partial charge in [-0.25, -0.2) is 0 Å². The number of aryl methyl sites for hydroxylation is 1. The van der Waals surface area contributed by atoms with Crippen molar-refractivity contribution in [2.45, 2.75) is 39.0 Å². The lowest BCUT2D eigenvalue weighted by Gasteiger charge is -2.28. The molecule has 1 heterocycles. The number of phenolic OH excluding ortho intramolecular Hbond substituents is 1. The number of piperazine rings is 1. The van der Waals surface area contributed by atoms with Gasteiger partial charge in [0, 0.05) is 32.7 Å². The van der Waals surface area contributed by atoms with Crippen LogP contribution in [0, 0.1) is 6.92 Å². The molecule has 0 saturated carbocycles. The molecular weight excluding hydrogens is 248 g/mol. The molecule has 1 fully saturated rings. The molecule has 0 aromatic heterocycles. The summed E-state index contributed by atoms with van der Waals surface area (Å²) in [6.07, 6.45) is 5.92. The molecule has 1 aromatic carbocycles. The molecule has 0 unspecified atom stereocenters. The second kappa shape index (κ2) is 6.15. The Balaban J connectivity index is 1.77. The van der Waals surface area contributed by atoms with Gasteiger partial charge in [0.2, 0.25) is 0 Å². The zero-order valence-corrected chi connectivity index (χ0v) is 12.5. The average molecular weight is 274 g/mol. The topological polar surface area (TPSA) is 35.5 Å². The van der Waals surface area contributed by atoms with Crippen molar-refractivity contribution in [1.29, 1.82) is 0 Å². The molecule has 1 aliphatic carbocycles. The molecule has 1 aromatic rings. The Hall–Kier alpha value is -1.06. The number of rotatable bonds is 3. The van der Waals surface area contributed by atoms with E-state index in [1.165, 1.54) is 41.5 Å². The predicted molar refractivity (Wildman–Crippen MR) is 82.5 cm³/mol. The third kappa shape index (κ3) is 2.84. The molecule has 0 amide bonds. The van der Waals surface area contributed by atoms with Crippen molar-refractivity contribution in [3.63, 3.8) is 0 Å². The number of benzene rings is 1. The van der Waals surface area contributed by atoms with Gasteiger partial charge in [-0.05, 0) is 67.3 Å². The van der Waals surface area contributed by atoms with Gasteiger partial charge < -0.3 is 15.3 Å². The van der Waals surface area contributed by atoms with E-state index in [1.54, 1.807) is 0 Å². The van der Waals surface area contributed by atoms with Crippen molar-refractivity contribution in [3.05, 3.63) is 28.3 Å². The molecule has 20 heavy (non-hydrogen) atoms. The molecule has 2 aliphatic rings. The Morgan fingerprint density at radius 1 is 1.15 bits per heavy atom. The first-order valence-electron chi connectivity index (χ1n) is 8.02. The molecule has 3 nitrogen and oxygen atoms in total. The van der Waals surface area contributed by atoms with Crippen molar-refractivity contribution in [1.82, 2.24) is 10.2 Å². The van der Waals surface area contributed by atoms with Crippen LogP contribution in [0.4, 0.5) is 0 Å². The lowest BCUT2D eigenvalue weighted by atomic mass is 9.84. The summed E-state index contributed by atoms with van der Waals surface area (Å²) in [6, 6.07) is 1.98. The summed E-state index contributed by atoms with van der Waals surface area (Å²) in [7, 11) is 0. The molecule has 2 N–H and O–H groups in total. The number of fused-ring (bicyclic) bond motifs is 1. The van der Waals surface area contributed by atoms with Gasteiger partial charge in [-0.3, -0.25) is 0 Å². The van der Waals surface area contributed by atoms with Gasteiger partial charge in [-0.2, -0.15) is 0 Å².